The van der Waals surface area contributed by atoms with Crippen LogP contribution in [0, 0.1) is 11.3 Å². The molecule has 0 saturated heterocycles. The molecular weight excluding hydrogens is 310 g/mol. The predicted molar refractivity (Wildman–Crippen MR) is 62.0 cm³/mol. The van der Waals surface area contributed by atoms with E-state index >= 15 is 0 Å². The first-order valence-corrected chi connectivity index (χ1v) is 5.97. The Bertz CT molecular complexity index is 384. The summed E-state index contributed by atoms with van der Waals surface area (Å²) in [5, 5.41) is 9.33. The van der Waals surface area contributed by atoms with Gasteiger partial charge in [0.15, 0.2) is 5.78 Å². The Hall–Kier alpha value is -0.660. The summed E-state index contributed by atoms with van der Waals surface area (Å²) in [6.07, 6.45) is 0. The number of hydrogen-bond donors (Lipinski definition) is 0. The van der Waals surface area contributed by atoms with Gasteiger partial charge in [-0.05, 0) is 6.07 Å². The molecule has 0 bridgehead atoms. The maximum atomic E-state index is 11.7. The number of carbonyl (C=O) groups excluding carboxylic acids is 1. The van der Waals surface area contributed by atoms with Crippen molar-refractivity contribution in [1.82, 2.24) is 0 Å². The summed E-state index contributed by atoms with van der Waals surface area (Å²) >= 11 is 6.44. The summed E-state index contributed by atoms with van der Waals surface area (Å²) in [4.78, 5) is 11.4. The van der Waals surface area contributed by atoms with Crippen LogP contribution in [-0.2, 0) is 0 Å². The third kappa shape index (κ3) is 2.43. The van der Waals surface area contributed by atoms with Gasteiger partial charge in [-0.2, -0.15) is 5.26 Å². The van der Waals surface area contributed by atoms with Crippen molar-refractivity contribution in [2.24, 2.45) is 0 Å². The molecule has 1 aromatic carbocycles. The third-order valence-electron chi connectivity index (χ3n) is 1.73. The highest BCUT2D eigenvalue weighted by Crippen LogP contribution is 2.15. The second-order valence-corrected chi connectivity index (χ2v) is 4.40. The highest BCUT2D eigenvalue weighted by atomic mass is 79.9. The molecule has 0 aliphatic rings. The average Bonchev–Trinajstić information content (AvgIpc) is 2.26. The molecule has 14 heavy (non-hydrogen) atoms. The van der Waals surface area contributed by atoms with Crippen molar-refractivity contribution in [2.75, 3.05) is 5.33 Å². The predicted octanol–water partition coefficient (Wildman–Crippen LogP) is 2.90. The number of carbonyl (C=O) groups is 1. The van der Waals surface area contributed by atoms with Gasteiger partial charge >= 0.3 is 0 Å². The van der Waals surface area contributed by atoms with Crippen LogP contribution in [0.3, 0.4) is 0 Å². The van der Waals surface area contributed by atoms with E-state index in [9.17, 15) is 4.79 Å². The lowest BCUT2D eigenvalue weighted by atomic mass is 10.0. The Labute approximate surface area is 99.2 Å². The van der Waals surface area contributed by atoms with Crippen molar-refractivity contribution in [1.29, 1.82) is 5.26 Å². The molecule has 1 unspecified atom stereocenters. The zero-order valence-electron chi connectivity index (χ0n) is 7.21. The average molecular weight is 317 g/mol. The minimum atomic E-state index is -0.281. The molecule has 0 aromatic heterocycles. The normalized spacial score (nSPS) is 11.8. The third-order valence-corrected chi connectivity index (χ3v) is 3.99. The lowest BCUT2D eigenvalue weighted by Gasteiger charge is -2.05. The number of hydrogen-bond acceptors (Lipinski definition) is 2. The molecule has 0 aliphatic heterocycles. The fourth-order valence-corrected chi connectivity index (χ4v) is 1.57. The van der Waals surface area contributed by atoms with Crippen molar-refractivity contribution >= 4 is 37.6 Å². The summed E-state index contributed by atoms with van der Waals surface area (Å²) in [6.45, 7) is 0. The standard InChI is InChI=1S/C10H7Br2NO/c11-5-9(12)10(14)8-4-2-1-3-7(8)6-13/h1-4,9H,5H2. The molecule has 0 amide bonds. The highest BCUT2D eigenvalue weighted by molar-refractivity contribution is 9.12. The molecule has 1 atom stereocenters. The first-order valence-electron chi connectivity index (χ1n) is 3.94. The van der Waals surface area contributed by atoms with E-state index in [1.807, 2.05) is 6.07 Å². The van der Waals surface area contributed by atoms with E-state index < -0.39 is 0 Å². The van der Waals surface area contributed by atoms with Crippen LogP contribution in [0.15, 0.2) is 24.3 Å². The Morgan fingerprint density at radius 2 is 2.14 bits per heavy atom. The Morgan fingerprint density at radius 3 is 2.71 bits per heavy atom. The molecule has 0 radical (unpaired) electrons. The van der Waals surface area contributed by atoms with Crippen LogP contribution < -0.4 is 0 Å². The molecule has 72 valence electrons. The number of benzene rings is 1. The summed E-state index contributed by atoms with van der Waals surface area (Å²) in [7, 11) is 0. The molecule has 0 heterocycles. The van der Waals surface area contributed by atoms with Gasteiger partial charge in [0, 0.05) is 10.9 Å². The molecule has 4 heteroatoms. The summed E-state index contributed by atoms with van der Waals surface area (Å²) in [5.41, 5.74) is 0.888. The summed E-state index contributed by atoms with van der Waals surface area (Å²) in [5.74, 6) is -0.0703. The highest BCUT2D eigenvalue weighted by Gasteiger charge is 2.18. The molecule has 0 fully saturated rings. The van der Waals surface area contributed by atoms with Crippen LogP contribution in [0.2, 0.25) is 0 Å². The van der Waals surface area contributed by atoms with Gasteiger partial charge in [0.1, 0.15) is 0 Å². The number of halogens is 2. The summed E-state index contributed by atoms with van der Waals surface area (Å²) in [6, 6.07) is 8.80. The number of Topliss-reactive ketones (excluding diaryl/α,β-unsaturated/α-hetero) is 1. The van der Waals surface area contributed by atoms with E-state index in [1.165, 1.54) is 0 Å². The smallest absolute Gasteiger partial charge is 0.178 e. The van der Waals surface area contributed by atoms with Gasteiger partial charge in [-0.1, -0.05) is 50.1 Å². The second kappa shape index (κ2) is 5.28. The lowest BCUT2D eigenvalue weighted by molar-refractivity contribution is 0.0997. The Morgan fingerprint density at radius 1 is 1.50 bits per heavy atom. The van der Waals surface area contributed by atoms with Crippen molar-refractivity contribution in [3.8, 4) is 6.07 Å². The molecule has 1 rings (SSSR count). The molecule has 2 nitrogen and oxygen atoms in total. The van der Waals surface area contributed by atoms with Gasteiger partial charge < -0.3 is 0 Å². The molecule has 0 spiro atoms. The fourth-order valence-electron chi connectivity index (χ4n) is 1.03. The monoisotopic (exact) mass is 315 g/mol. The van der Waals surface area contributed by atoms with Crippen LogP contribution >= 0.6 is 31.9 Å². The van der Waals surface area contributed by atoms with E-state index in [1.54, 1.807) is 24.3 Å². The number of rotatable bonds is 3. The zero-order valence-corrected chi connectivity index (χ0v) is 10.4. The fraction of sp³-hybridized carbons (Fsp3) is 0.200. The molecule has 0 aliphatic carbocycles. The lowest BCUT2D eigenvalue weighted by Crippen LogP contribution is -2.16. The number of nitrogens with zero attached hydrogens (tertiary/aromatic N) is 1. The van der Waals surface area contributed by atoms with Gasteiger partial charge in [0.2, 0.25) is 0 Å². The van der Waals surface area contributed by atoms with Gasteiger partial charge in [-0.3, -0.25) is 4.79 Å². The van der Waals surface area contributed by atoms with E-state index in [2.05, 4.69) is 31.9 Å². The molecular formula is C10H7Br2NO. The molecule has 0 saturated carbocycles. The number of nitriles is 1. The van der Waals surface area contributed by atoms with Crippen LogP contribution in [0.1, 0.15) is 15.9 Å². The van der Waals surface area contributed by atoms with E-state index in [-0.39, 0.29) is 10.6 Å². The van der Waals surface area contributed by atoms with E-state index in [4.69, 9.17) is 5.26 Å². The van der Waals surface area contributed by atoms with Crippen molar-refractivity contribution in [3.63, 3.8) is 0 Å². The van der Waals surface area contributed by atoms with Gasteiger partial charge in [0.05, 0.1) is 16.5 Å². The Kier molecular flexibility index (Phi) is 4.30. The minimum Gasteiger partial charge on any atom is -0.293 e. The first kappa shape index (κ1) is 11.4. The van der Waals surface area contributed by atoms with Crippen LogP contribution in [0.25, 0.3) is 0 Å². The van der Waals surface area contributed by atoms with Gasteiger partial charge in [-0.25, -0.2) is 0 Å². The largest absolute Gasteiger partial charge is 0.293 e. The summed E-state index contributed by atoms with van der Waals surface area (Å²) < 4.78 is 0. The maximum Gasteiger partial charge on any atom is 0.178 e. The topological polar surface area (TPSA) is 40.9 Å². The molecule has 1 aromatic rings. The minimum absolute atomic E-state index is 0.0703. The van der Waals surface area contributed by atoms with Crippen molar-refractivity contribution < 1.29 is 4.79 Å². The van der Waals surface area contributed by atoms with Crippen molar-refractivity contribution in [3.05, 3.63) is 35.4 Å². The SMILES string of the molecule is N#Cc1ccccc1C(=O)C(Br)CBr. The zero-order chi connectivity index (χ0) is 10.6. The quantitative estimate of drug-likeness (QED) is 0.635. The molecule has 0 N–H and O–H groups in total. The first-order chi connectivity index (χ1) is 6.70. The van der Waals surface area contributed by atoms with E-state index in [0.717, 1.165) is 0 Å². The van der Waals surface area contributed by atoms with Gasteiger partial charge in [-0.15, -0.1) is 0 Å². The maximum absolute atomic E-state index is 11.7. The second-order valence-electron chi connectivity index (χ2n) is 2.64. The van der Waals surface area contributed by atoms with Crippen LogP contribution in [0.4, 0.5) is 0 Å². The van der Waals surface area contributed by atoms with E-state index in [0.29, 0.717) is 16.5 Å². The van der Waals surface area contributed by atoms with Crippen LogP contribution in [0.5, 0.6) is 0 Å². The van der Waals surface area contributed by atoms with Crippen LogP contribution in [-0.4, -0.2) is 15.9 Å². The number of ketones is 1. The van der Waals surface area contributed by atoms with Gasteiger partial charge in [0.25, 0.3) is 0 Å². The van der Waals surface area contributed by atoms with Crippen molar-refractivity contribution in [2.45, 2.75) is 4.83 Å². The Balaban J connectivity index is 3.08. The number of alkyl halides is 2.